The summed E-state index contributed by atoms with van der Waals surface area (Å²) < 4.78 is 13.3. The van der Waals surface area contributed by atoms with Crippen molar-refractivity contribution >= 4 is 0 Å². The van der Waals surface area contributed by atoms with E-state index in [1.54, 1.807) is 26.0 Å². The first-order valence-corrected chi connectivity index (χ1v) is 4.78. The summed E-state index contributed by atoms with van der Waals surface area (Å²) in [6.07, 6.45) is 0. The van der Waals surface area contributed by atoms with E-state index in [0.717, 1.165) is 0 Å². The Morgan fingerprint density at radius 3 is 2.60 bits per heavy atom. The molecule has 2 atom stereocenters. The Kier molecular flexibility index (Phi) is 3.11. The maximum Gasteiger partial charge on any atom is 0.126 e. The van der Waals surface area contributed by atoms with Crippen molar-refractivity contribution in [2.24, 2.45) is 5.92 Å². The van der Waals surface area contributed by atoms with Crippen molar-refractivity contribution in [3.8, 4) is 6.07 Å². The number of aryl methyl sites for hydroxylation is 1. The molecule has 3 heteroatoms. The van der Waals surface area contributed by atoms with Crippen molar-refractivity contribution in [2.75, 3.05) is 0 Å². The molecule has 2 nitrogen and oxygen atoms in total. The third-order valence-corrected chi connectivity index (χ3v) is 2.79. The van der Waals surface area contributed by atoms with Crippen LogP contribution in [0.15, 0.2) is 18.2 Å². The molecule has 1 N–H and O–H groups in total. The first kappa shape index (κ1) is 11.7. The smallest absolute Gasteiger partial charge is 0.126 e. The standard InChI is InChI=1S/C12H14FNO/c1-8-4-5-10(6-11(8)13)12(3,15)9(2)7-14/h4-6,9,15H,1-3H3. The van der Waals surface area contributed by atoms with Gasteiger partial charge in [0.15, 0.2) is 0 Å². The number of nitriles is 1. The summed E-state index contributed by atoms with van der Waals surface area (Å²) in [6, 6.07) is 6.49. The molecule has 2 unspecified atom stereocenters. The van der Waals surface area contributed by atoms with Crippen LogP contribution in [-0.4, -0.2) is 5.11 Å². The molecule has 0 fully saturated rings. The molecule has 0 aliphatic rings. The fourth-order valence-electron chi connectivity index (χ4n) is 1.28. The topological polar surface area (TPSA) is 44.0 Å². The average molecular weight is 207 g/mol. The molecular formula is C12H14FNO. The van der Waals surface area contributed by atoms with E-state index in [4.69, 9.17) is 5.26 Å². The van der Waals surface area contributed by atoms with Crippen molar-refractivity contribution in [1.82, 2.24) is 0 Å². The highest BCUT2D eigenvalue weighted by molar-refractivity contribution is 5.29. The Balaban J connectivity index is 3.17. The highest BCUT2D eigenvalue weighted by Gasteiger charge is 2.30. The van der Waals surface area contributed by atoms with Crippen molar-refractivity contribution < 1.29 is 9.50 Å². The number of nitrogens with zero attached hydrogens (tertiary/aromatic N) is 1. The van der Waals surface area contributed by atoms with Crippen molar-refractivity contribution in [1.29, 1.82) is 5.26 Å². The van der Waals surface area contributed by atoms with Gasteiger partial charge in [-0.05, 0) is 38.0 Å². The largest absolute Gasteiger partial charge is 0.384 e. The number of benzene rings is 1. The third kappa shape index (κ3) is 2.16. The fraction of sp³-hybridized carbons (Fsp3) is 0.417. The molecule has 0 aromatic heterocycles. The summed E-state index contributed by atoms with van der Waals surface area (Å²) in [4.78, 5) is 0. The van der Waals surface area contributed by atoms with E-state index >= 15 is 0 Å². The molecule has 0 aliphatic heterocycles. The van der Waals surface area contributed by atoms with Crippen molar-refractivity contribution in [3.05, 3.63) is 35.1 Å². The number of halogens is 1. The second-order valence-electron chi connectivity index (χ2n) is 3.96. The van der Waals surface area contributed by atoms with Crippen LogP contribution < -0.4 is 0 Å². The molecule has 80 valence electrons. The predicted octanol–water partition coefficient (Wildman–Crippen LogP) is 2.50. The van der Waals surface area contributed by atoms with Crippen LogP contribution in [0.25, 0.3) is 0 Å². The van der Waals surface area contributed by atoms with Gasteiger partial charge in [-0.3, -0.25) is 0 Å². The van der Waals surface area contributed by atoms with E-state index in [9.17, 15) is 9.50 Å². The molecule has 0 saturated carbocycles. The second-order valence-corrected chi connectivity index (χ2v) is 3.96. The van der Waals surface area contributed by atoms with Crippen LogP contribution in [0.4, 0.5) is 4.39 Å². The molecular weight excluding hydrogens is 193 g/mol. The lowest BCUT2D eigenvalue weighted by atomic mass is 9.84. The van der Waals surface area contributed by atoms with Gasteiger partial charge in [0.25, 0.3) is 0 Å². The third-order valence-electron chi connectivity index (χ3n) is 2.79. The average Bonchev–Trinajstić information content (AvgIpc) is 2.20. The van der Waals surface area contributed by atoms with Crippen molar-refractivity contribution in [3.63, 3.8) is 0 Å². The van der Waals surface area contributed by atoms with Crippen LogP contribution in [0.2, 0.25) is 0 Å². The van der Waals surface area contributed by atoms with E-state index in [-0.39, 0.29) is 5.82 Å². The maximum atomic E-state index is 13.3. The SMILES string of the molecule is Cc1ccc(C(C)(O)C(C)C#N)cc1F. The molecule has 1 aromatic rings. The van der Waals surface area contributed by atoms with E-state index in [2.05, 4.69) is 0 Å². The minimum Gasteiger partial charge on any atom is -0.384 e. The summed E-state index contributed by atoms with van der Waals surface area (Å²) in [5, 5.41) is 18.8. The number of hydrogen-bond donors (Lipinski definition) is 1. The maximum absolute atomic E-state index is 13.3. The van der Waals surface area contributed by atoms with E-state index in [1.165, 1.54) is 13.0 Å². The van der Waals surface area contributed by atoms with Gasteiger partial charge in [-0.15, -0.1) is 0 Å². The molecule has 1 aromatic carbocycles. The Morgan fingerprint density at radius 2 is 2.13 bits per heavy atom. The lowest BCUT2D eigenvalue weighted by molar-refractivity contribution is 0.0229. The summed E-state index contributed by atoms with van der Waals surface area (Å²) in [5.41, 5.74) is -0.359. The molecule has 0 aliphatic carbocycles. The number of rotatable bonds is 2. The summed E-state index contributed by atoms with van der Waals surface area (Å²) >= 11 is 0. The van der Waals surface area contributed by atoms with Crippen LogP contribution >= 0.6 is 0 Å². The molecule has 0 spiro atoms. The Hall–Kier alpha value is -1.40. The van der Waals surface area contributed by atoms with E-state index in [0.29, 0.717) is 11.1 Å². The molecule has 0 bridgehead atoms. The Morgan fingerprint density at radius 1 is 1.53 bits per heavy atom. The highest BCUT2D eigenvalue weighted by atomic mass is 19.1. The minimum atomic E-state index is -1.32. The van der Waals surface area contributed by atoms with Crippen LogP contribution in [0.5, 0.6) is 0 Å². The molecule has 0 radical (unpaired) electrons. The van der Waals surface area contributed by atoms with Gasteiger partial charge in [0.05, 0.1) is 12.0 Å². The summed E-state index contributed by atoms with van der Waals surface area (Å²) in [7, 11) is 0. The predicted molar refractivity (Wildman–Crippen MR) is 55.5 cm³/mol. The molecule has 1 rings (SSSR count). The van der Waals surface area contributed by atoms with Gasteiger partial charge in [-0.25, -0.2) is 4.39 Å². The summed E-state index contributed by atoms with van der Waals surface area (Å²) in [6.45, 7) is 4.78. The first-order chi connectivity index (χ1) is 6.89. The molecule has 0 heterocycles. The van der Waals surface area contributed by atoms with Crippen LogP contribution in [0.3, 0.4) is 0 Å². The monoisotopic (exact) mass is 207 g/mol. The molecule has 15 heavy (non-hydrogen) atoms. The van der Waals surface area contributed by atoms with E-state index in [1.807, 2.05) is 6.07 Å². The zero-order chi connectivity index (χ0) is 11.6. The van der Waals surface area contributed by atoms with Gasteiger partial charge in [-0.2, -0.15) is 5.26 Å². The Bertz CT molecular complexity index is 407. The first-order valence-electron chi connectivity index (χ1n) is 4.78. The zero-order valence-corrected chi connectivity index (χ0v) is 9.08. The lowest BCUT2D eigenvalue weighted by Crippen LogP contribution is -2.29. The second kappa shape index (κ2) is 4.00. The molecule has 0 amide bonds. The van der Waals surface area contributed by atoms with Crippen molar-refractivity contribution in [2.45, 2.75) is 26.4 Å². The lowest BCUT2D eigenvalue weighted by Gasteiger charge is -2.26. The van der Waals surface area contributed by atoms with Crippen LogP contribution in [0, 0.1) is 30.0 Å². The summed E-state index contributed by atoms with van der Waals surface area (Å²) in [5.74, 6) is -0.947. The quantitative estimate of drug-likeness (QED) is 0.809. The van der Waals surface area contributed by atoms with Gasteiger partial charge in [0.1, 0.15) is 11.4 Å². The van der Waals surface area contributed by atoms with E-state index < -0.39 is 11.5 Å². The number of hydrogen-bond acceptors (Lipinski definition) is 2. The zero-order valence-electron chi connectivity index (χ0n) is 9.08. The van der Waals surface area contributed by atoms with Gasteiger partial charge in [-0.1, -0.05) is 12.1 Å². The van der Waals surface area contributed by atoms with Crippen LogP contribution in [-0.2, 0) is 5.60 Å². The highest BCUT2D eigenvalue weighted by Crippen LogP contribution is 2.29. The van der Waals surface area contributed by atoms with Gasteiger partial charge in [0.2, 0.25) is 0 Å². The van der Waals surface area contributed by atoms with Gasteiger partial charge >= 0.3 is 0 Å². The normalized spacial score (nSPS) is 16.5. The van der Waals surface area contributed by atoms with Gasteiger partial charge in [0, 0.05) is 0 Å². The van der Waals surface area contributed by atoms with Crippen LogP contribution in [0.1, 0.15) is 25.0 Å². The fourth-order valence-corrected chi connectivity index (χ4v) is 1.28. The number of aliphatic hydroxyl groups is 1. The Labute approximate surface area is 89.0 Å². The minimum absolute atomic E-state index is 0.363. The molecule has 0 saturated heterocycles. The van der Waals surface area contributed by atoms with Gasteiger partial charge < -0.3 is 5.11 Å².